The number of imide groups is 1. The first-order valence-electron chi connectivity index (χ1n) is 7.49. The zero-order valence-corrected chi connectivity index (χ0v) is 14.6. The second-order valence-electron chi connectivity index (χ2n) is 5.61. The van der Waals surface area contributed by atoms with E-state index in [-0.39, 0.29) is 10.1 Å². The molecule has 2 heterocycles. The van der Waals surface area contributed by atoms with E-state index in [1.54, 1.807) is 12.1 Å². The molecular weight excluding hydrogens is 359 g/mol. The van der Waals surface area contributed by atoms with Crippen LogP contribution < -0.4 is 4.90 Å². The van der Waals surface area contributed by atoms with Crippen molar-refractivity contribution < 1.29 is 9.59 Å². The summed E-state index contributed by atoms with van der Waals surface area (Å²) < 4.78 is 0. The van der Waals surface area contributed by atoms with Gasteiger partial charge in [0.1, 0.15) is 10.7 Å². The second-order valence-corrected chi connectivity index (χ2v) is 6.80. The Morgan fingerprint density at radius 3 is 2.09 bits per heavy atom. The third-order valence-corrected chi connectivity index (χ3v) is 5.17. The number of carbonyl (C=O) groups is 2. The monoisotopic (exact) mass is 372 g/mol. The Bertz CT molecular complexity index is 695. The molecule has 1 fully saturated rings. The number of likely N-dealkylation sites (tertiary alicyclic amines) is 1. The van der Waals surface area contributed by atoms with Crippen LogP contribution in [0.5, 0.6) is 0 Å². The fourth-order valence-electron chi connectivity index (χ4n) is 2.92. The lowest BCUT2D eigenvalue weighted by Crippen LogP contribution is -2.35. The largest absolute Gasteiger partial charge is 0.366 e. The Morgan fingerprint density at radius 1 is 0.826 bits per heavy atom. The Labute approximate surface area is 149 Å². The van der Waals surface area contributed by atoms with Crippen LogP contribution >= 0.6 is 34.8 Å². The molecule has 0 spiro atoms. The first-order chi connectivity index (χ1) is 11.0. The van der Waals surface area contributed by atoms with Gasteiger partial charge in [-0.1, -0.05) is 47.6 Å². The molecule has 0 unspecified atom stereocenters. The lowest BCUT2D eigenvalue weighted by molar-refractivity contribution is -0.121. The van der Waals surface area contributed by atoms with Crippen molar-refractivity contribution in [3.05, 3.63) is 39.0 Å². The summed E-state index contributed by atoms with van der Waals surface area (Å²) in [6.07, 6.45) is 4.23. The van der Waals surface area contributed by atoms with Crippen LogP contribution in [0.2, 0.25) is 10.0 Å². The molecule has 2 aliphatic rings. The number of anilines is 1. The van der Waals surface area contributed by atoms with E-state index < -0.39 is 11.8 Å². The van der Waals surface area contributed by atoms with Crippen molar-refractivity contribution in [3.63, 3.8) is 0 Å². The molecule has 0 aliphatic carbocycles. The van der Waals surface area contributed by atoms with Gasteiger partial charge >= 0.3 is 0 Å². The molecule has 0 radical (unpaired) electrons. The summed E-state index contributed by atoms with van der Waals surface area (Å²) in [5.74, 6) is -0.922. The lowest BCUT2D eigenvalue weighted by Gasteiger charge is -2.23. The zero-order valence-electron chi connectivity index (χ0n) is 12.3. The van der Waals surface area contributed by atoms with Crippen LogP contribution in [-0.4, -0.2) is 29.8 Å². The van der Waals surface area contributed by atoms with E-state index in [0.717, 1.165) is 43.7 Å². The molecule has 2 amide bonds. The van der Waals surface area contributed by atoms with Crippen LogP contribution in [0.15, 0.2) is 28.9 Å². The average Bonchev–Trinajstić information content (AvgIpc) is 2.72. The van der Waals surface area contributed by atoms with E-state index in [0.29, 0.717) is 16.4 Å². The quantitative estimate of drug-likeness (QED) is 0.730. The van der Waals surface area contributed by atoms with E-state index in [9.17, 15) is 9.59 Å². The van der Waals surface area contributed by atoms with Gasteiger partial charge in [-0.15, -0.1) is 0 Å². The normalized spacial score (nSPS) is 19.6. The van der Waals surface area contributed by atoms with E-state index in [4.69, 9.17) is 34.8 Å². The maximum absolute atomic E-state index is 12.8. The average molecular weight is 374 g/mol. The molecular formula is C16H15Cl3N2O2. The van der Waals surface area contributed by atoms with Crippen molar-refractivity contribution in [1.29, 1.82) is 0 Å². The van der Waals surface area contributed by atoms with E-state index in [1.165, 1.54) is 6.07 Å². The number of rotatable bonds is 2. The zero-order chi connectivity index (χ0) is 16.6. The predicted octanol–water partition coefficient (Wildman–Crippen LogP) is 4.19. The number of carbonyl (C=O) groups excluding carboxylic acids is 2. The van der Waals surface area contributed by atoms with Crippen molar-refractivity contribution >= 4 is 52.3 Å². The third kappa shape index (κ3) is 3.08. The van der Waals surface area contributed by atoms with Gasteiger partial charge in [-0.2, -0.15) is 0 Å². The minimum Gasteiger partial charge on any atom is -0.366 e. The molecule has 2 aliphatic heterocycles. The van der Waals surface area contributed by atoms with Crippen LogP contribution in [0.4, 0.5) is 5.69 Å². The van der Waals surface area contributed by atoms with Gasteiger partial charge in [-0.25, -0.2) is 4.90 Å². The standard InChI is InChI=1S/C16H15Cl3N2O2/c17-11-6-5-10(9-12(11)18)21-15(22)13(19)14(16(21)23)20-7-3-1-2-4-8-20/h5-6,9H,1-4,7-8H2. The maximum atomic E-state index is 12.8. The molecule has 7 heteroatoms. The van der Waals surface area contributed by atoms with Gasteiger partial charge in [-0.3, -0.25) is 9.59 Å². The summed E-state index contributed by atoms with van der Waals surface area (Å²) in [5.41, 5.74) is 0.669. The Kier molecular flexibility index (Phi) is 4.85. The van der Waals surface area contributed by atoms with Crippen LogP contribution in [0.25, 0.3) is 0 Å². The van der Waals surface area contributed by atoms with Gasteiger partial charge < -0.3 is 4.90 Å². The highest BCUT2D eigenvalue weighted by molar-refractivity contribution is 6.52. The molecule has 0 aromatic heterocycles. The number of nitrogens with zero attached hydrogens (tertiary/aromatic N) is 2. The van der Waals surface area contributed by atoms with Gasteiger partial charge in [0.2, 0.25) is 0 Å². The molecule has 1 aromatic carbocycles. The van der Waals surface area contributed by atoms with Crippen molar-refractivity contribution in [2.24, 2.45) is 0 Å². The topological polar surface area (TPSA) is 40.6 Å². The van der Waals surface area contributed by atoms with E-state index >= 15 is 0 Å². The summed E-state index contributed by atoms with van der Waals surface area (Å²) in [6.45, 7) is 1.47. The minimum absolute atomic E-state index is 0.0250. The van der Waals surface area contributed by atoms with Gasteiger partial charge in [0, 0.05) is 13.1 Å². The first kappa shape index (κ1) is 16.6. The van der Waals surface area contributed by atoms with Gasteiger partial charge in [0.15, 0.2) is 0 Å². The summed E-state index contributed by atoms with van der Waals surface area (Å²) in [7, 11) is 0. The molecule has 3 rings (SSSR count). The molecule has 122 valence electrons. The number of halogens is 3. The SMILES string of the molecule is O=C1C(Cl)=C(N2CCCCCC2)C(=O)N1c1ccc(Cl)c(Cl)c1. The molecule has 23 heavy (non-hydrogen) atoms. The fraction of sp³-hybridized carbons (Fsp3) is 0.375. The van der Waals surface area contributed by atoms with Crippen molar-refractivity contribution in [3.8, 4) is 0 Å². The number of amides is 2. The molecule has 1 saturated heterocycles. The number of benzene rings is 1. The minimum atomic E-state index is -0.519. The fourth-order valence-corrected chi connectivity index (χ4v) is 3.50. The predicted molar refractivity (Wildman–Crippen MR) is 91.9 cm³/mol. The highest BCUT2D eigenvalue weighted by atomic mass is 35.5. The highest BCUT2D eigenvalue weighted by Gasteiger charge is 2.41. The van der Waals surface area contributed by atoms with E-state index in [1.807, 2.05) is 4.90 Å². The Hall–Kier alpha value is -1.23. The number of hydrogen-bond donors (Lipinski definition) is 0. The Balaban J connectivity index is 1.93. The number of hydrogen-bond acceptors (Lipinski definition) is 3. The van der Waals surface area contributed by atoms with Gasteiger partial charge in [-0.05, 0) is 31.0 Å². The van der Waals surface area contributed by atoms with Gasteiger partial charge in [0.25, 0.3) is 11.8 Å². The summed E-state index contributed by atoms with van der Waals surface area (Å²) >= 11 is 18.1. The van der Waals surface area contributed by atoms with E-state index in [2.05, 4.69) is 0 Å². The second kappa shape index (κ2) is 6.71. The molecule has 0 bridgehead atoms. The van der Waals surface area contributed by atoms with Crippen LogP contribution in [-0.2, 0) is 9.59 Å². The van der Waals surface area contributed by atoms with Crippen LogP contribution in [0, 0.1) is 0 Å². The van der Waals surface area contributed by atoms with Crippen molar-refractivity contribution in [1.82, 2.24) is 4.90 Å². The van der Waals surface area contributed by atoms with Crippen LogP contribution in [0.3, 0.4) is 0 Å². The summed E-state index contributed by atoms with van der Waals surface area (Å²) in [4.78, 5) is 28.2. The molecule has 1 aromatic rings. The lowest BCUT2D eigenvalue weighted by atomic mass is 10.2. The molecule has 0 atom stereocenters. The van der Waals surface area contributed by atoms with Gasteiger partial charge in [0.05, 0.1) is 15.7 Å². The molecule has 4 nitrogen and oxygen atoms in total. The molecule has 0 saturated carbocycles. The smallest absolute Gasteiger partial charge is 0.283 e. The first-order valence-corrected chi connectivity index (χ1v) is 8.62. The molecule has 0 N–H and O–H groups in total. The van der Waals surface area contributed by atoms with Crippen molar-refractivity contribution in [2.75, 3.05) is 18.0 Å². The highest BCUT2D eigenvalue weighted by Crippen LogP contribution is 2.34. The summed E-state index contributed by atoms with van der Waals surface area (Å²) in [6, 6.07) is 4.63. The van der Waals surface area contributed by atoms with Crippen molar-refractivity contribution in [2.45, 2.75) is 25.7 Å². The summed E-state index contributed by atoms with van der Waals surface area (Å²) in [5, 5.41) is 0.619. The van der Waals surface area contributed by atoms with Crippen LogP contribution in [0.1, 0.15) is 25.7 Å². The third-order valence-electron chi connectivity index (χ3n) is 4.09. The Morgan fingerprint density at radius 2 is 1.48 bits per heavy atom. The maximum Gasteiger partial charge on any atom is 0.283 e.